The lowest BCUT2D eigenvalue weighted by Crippen LogP contribution is -2.14. The van der Waals surface area contributed by atoms with Crippen LogP contribution in [0.15, 0.2) is 12.5 Å². The van der Waals surface area contributed by atoms with Crippen LogP contribution in [0.2, 0.25) is 0 Å². The molecule has 0 atom stereocenters. The van der Waals surface area contributed by atoms with Gasteiger partial charge in [-0.05, 0) is 0 Å². The van der Waals surface area contributed by atoms with Gasteiger partial charge in [0.1, 0.15) is 12.2 Å². The first-order valence-electron chi connectivity index (χ1n) is 4.93. The van der Waals surface area contributed by atoms with Gasteiger partial charge in [-0.15, -0.1) is 5.10 Å². The Labute approximate surface area is 91.7 Å². The number of hydrogen-bond donors (Lipinski definition) is 3. The van der Waals surface area contributed by atoms with E-state index in [1.165, 1.54) is 6.33 Å². The minimum atomic E-state index is 0.0638. The molecule has 86 valence electrons. The van der Waals surface area contributed by atoms with Crippen LogP contribution in [-0.4, -0.2) is 41.9 Å². The Morgan fingerprint density at radius 1 is 1.44 bits per heavy atom. The Balaban J connectivity index is 1.76. The second-order valence-corrected chi connectivity index (χ2v) is 3.23. The predicted octanol–water partition coefficient (Wildman–Crippen LogP) is -1.32. The second-order valence-electron chi connectivity index (χ2n) is 3.23. The van der Waals surface area contributed by atoms with Gasteiger partial charge in [0.15, 0.2) is 0 Å². The average Bonchev–Trinajstić information content (AvgIpc) is 2.90. The third kappa shape index (κ3) is 2.84. The zero-order valence-electron chi connectivity index (χ0n) is 8.67. The fourth-order valence-electron chi connectivity index (χ4n) is 1.26. The third-order valence-electron chi connectivity index (χ3n) is 1.98. The van der Waals surface area contributed by atoms with E-state index in [1.807, 2.05) is 0 Å². The summed E-state index contributed by atoms with van der Waals surface area (Å²) in [6.45, 7) is 1.74. The van der Waals surface area contributed by atoms with Gasteiger partial charge in [-0.1, -0.05) is 5.21 Å². The van der Waals surface area contributed by atoms with Crippen LogP contribution < -0.4 is 5.32 Å². The molecule has 0 aromatic carbocycles. The van der Waals surface area contributed by atoms with Gasteiger partial charge in [0, 0.05) is 12.7 Å². The van der Waals surface area contributed by atoms with Crippen LogP contribution in [0, 0.1) is 0 Å². The van der Waals surface area contributed by atoms with Crippen molar-refractivity contribution in [2.45, 2.75) is 19.6 Å². The van der Waals surface area contributed by atoms with E-state index < -0.39 is 0 Å². The van der Waals surface area contributed by atoms with Crippen LogP contribution in [0.5, 0.6) is 0 Å². The maximum Gasteiger partial charge on any atom is 0.138 e. The molecule has 3 N–H and O–H groups in total. The van der Waals surface area contributed by atoms with Gasteiger partial charge in [-0.2, -0.15) is 5.10 Å². The summed E-state index contributed by atoms with van der Waals surface area (Å²) in [4.78, 5) is 3.98. The van der Waals surface area contributed by atoms with Crippen molar-refractivity contribution < 1.29 is 5.11 Å². The highest BCUT2D eigenvalue weighted by Gasteiger charge is 2.00. The Hall–Kier alpha value is -1.80. The van der Waals surface area contributed by atoms with Gasteiger partial charge < -0.3 is 10.4 Å². The lowest BCUT2D eigenvalue weighted by molar-refractivity contribution is 0.268. The number of nitrogens with one attached hydrogen (secondary N) is 2. The molecule has 0 radical (unpaired) electrons. The van der Waals surface area contributed by atoms with E-state index in [9.17, 15) is 0 Å². The molecule has 0 fully saturated rings. The molecule has 0 unspecified atom stereocenters. The normalized spacial score (nSPS) is 10.8. The summed E-state index contributed by atoms with van der Waals surface area (Å²) in [6, 6.07) is 0. The predicted molar refractivity (Wildman–Crippen MR) is 54.0 cm³/mol. The summed E-state index contributed by atoms with van der Waals surface area (Å²) < 4.78 is 1.60. The average molecular weight is 223 g/mol. The van der Waals surface area contributed by atoms with Crippen LogP contribution >= 0.6 is 0 Å². The smallest absolute Gasteiger partial charge is 0.138 e. The number of aliphatic hydroxyl groups is 1. The molecule has 0 bridgehead atoms. The monoisotopic (exact) mass is 223 g/mol. The van der Waals surface area contributed by atoms with Crippen molar-refractivity contribution in [3.8, 4) is 0 Å². The Kier molecular flexibility index (Phi) is 3.57. The van der Waals surface area contributed by atoms with E-state index in [4.69, 9.17) is 5.11 Å². The Morgan fingerprint density at radius 3 is 3.12 bits per heavy atom. The number of aromatic nitrogens is 6. The number of aromatic amines is 1. The summed E-state index contributed by atoms with van der Waals surface area (Å²) in [5.41, 5.74) is 0.827. The van der Waals surface area contributed by atoms with Gasteiger partial charge >= 0.3 is 0 Å². The molecular weight excluding hydrogens is 210 g/mol. The molecule has 8 heteroatoms. The summed E-state index contributed by atoms with van der Waals surface area (Å²) in [5.74, 6) is 0.780. The quantitative estimate of drug-likeness (QED) is 0.561. The molecule has 0 aliphatic rings. The van der Waals surface area contributed by atoms with Crippen LogP contribution in [-0.2, 0) is 19.6 Å². The molecule has 0 amide bonds. The van der Waals surface area contributed by atoms with E-state index in [0.717, 1.165) is 11.5 Å². The van der Waals surface area contributed by atoms with Crippen molar-refractivity contribution in [2.24, 2.45) is 0 Å². The van der Waals surface area contributed by atoms with E-state index in [-0.39, 0.29) is 6.61 Å². The first kappa shape index (κ1) is 10.7. The molecule has 0 spiro atoms. The molecule has 0 saturated carbocycles. The zero-order chi connectivity index (χ0) is 11.2. The fourth-order valence-corrected chi connectivity index (χ4v) is 1.26. The summed E-state index contributed by atoms with van der Waals surface area (Å²) in [6.07, 6.45) is 3.26. The lowest BCUT2D eigenvalue weighted by Gasteiger charge is -1.97. The van der Waals surface area contributed by atoms with Crippen molar-refractivity contribution >= 4 is 0 Å². The SMILES string of the molecule is OCCn1cc(CNCc2ncn[nH]2)nn1. The Morgan fingerprint density at radius 2 is 2.38 bits per heavy atom. The molecule has 0 aliphatic heterocycles. The van der Waals surface area contributed by atoms with Crippen LogP contribution in [0.4, 0.5) is 0 Å². The van der Waals surface area contributed by atoms with Crippen molar-refractivity contribution in [1.29, 1.82) is 0 Å². The molecule has 16 heavy (non-hydrogen) atoms. The fraction of sp³-hybridized carbons (Fsp3) is 0.500. The molecule has 0 aliphatic carbocycles. The van der Waals surface area contributed by atoms with E-state index >= 15 is 0 Å². The molecule has 2 aromatic heterocycles. The van der Waals surface area contributed by atoms with Crippen molar-refractivity contribution in [1.82, 2.24) is 35.5 Å². The van der Waals surface area contributed by atoms with Gasteiger partial charge in [0.05, 0.1) is 25.4 Å². The van der Waals surface area contributed by atoms with Gasteiger partial charge in [-0.3, -0.25) is 5.10 Å². The zero-order valence-corrected chi connectivity index (χ0v) is 8.67. The molecular formula is C8H13N7O. The number of hydrogen-bond acceptors (Lipinski definition) is 6. The standard InChI is InChI=1S/C8H13N7O/c16-2-1-15-5-7(12-14-15)3-9-4-8-10-6-11-13-8/h5-6,9,16H,1-4H2,(H,10,11,13). The number of aliphatic hydroxyl groups excluding tert-OH is 1. The number of nitrogens with zero attached hydrogens (tertiary/aromatic N) is 5. The minimum Gasteiger partial charge on any atom is -0.394 e. The summed E-state index contributed by atoms with van der Waals surface area (Å²) in [7, 11) is 0. The largest absolute Gasteiger partial charge is 0.394 e. The molecule has 2 rings (SSSR count). The minimum absolute atomic E-state index is 0.0638. The topological polar surface area (TPSA) is 105 Å². The molecule has 2 aromatic rings. The maximum atomic E-state index is 8.71. The summed E-state index contributed by atoms with van der Waals surface area (Å²) in [5, 5.41) is 26.1. The van der Waals surface area contributed by atoms with Crippen molar-refractivity contribution in [3.05, 3.63) is 24.0 Å². The molecule has 8 nitrogen and oxygen atoms in total. The van der Waals surface area contributed by atoms with Crippen molar-refractivity contribution in [3.63, 3.8) is 0 Å². The van der Waals surface area contributed by atoms with Crippen LogP contribution in [0.1, 0.15) is 11.5 Å². The van der Waals surface area contributed by atoms with Crippen LogP contribution in [0.25, 0.3) is 0 Å². The first-order chi connectivity index (χ1) is 7.88. The van der Waals surface area contributed by atoms with Gasteiger partial charge in [0.25, 0.3) is 0 Å². The number of rotatable bonds is 6. The maximum absolute atomic E-state index is 8.71. The van der Waals surface area contributed by atoms with E-state index in [0.29, 0.717) is 19.6 Å². The molecule has 0 saturated heterocycles. The number of H-pyrrole nitrogens is 1. The highest BCUT2D eigenvalue weighted by molar-refractivity contribution is 4.92. The van der Waals surface area contributed by atoms with E-state index in [2.05, 4.69) is 30.8 Å². The second kappa shape index (κ2) is 5.33. The van der Waals surface area contributed by atoms with Gasteiger partial charge in [-0.25, -0.2) is 9.67 Å². The summed E-state index contributed by atoms with van der Waals surface area (Å²) >= 11 is 0. The van der Waals surface area contributed by atoms with E-state index in [1.54, 1.807) is 10.9 Å². The van der Waals surface area contributed by atoms with Crippen molar-refractivity contribution in [2.75, 3.05) is 6.61 Å². The van der Waals surface area contributed by atoms with Crippen LogP contribution in [0.3, 0.4) is 0 Å². The highest BCUT2D eigenvalue weighted by atomic mass is 16.3. The first-order valence-corrected chi connectivity index (χ1v) is 4.93. The lowest BCUT2D eigenvalue weighted by atomic mass is 10.4. The highest BCUT2D eigenvalue weighted by Crippen LogP contribution is 1.93. The van der Waals surface area contributed by atoms with Gasteiger partial charge in [0.2, 0.25) is 0 Å². The third-order valence-corrected chi connectivity index (χ3v) is 1.98. The molecule has 2 heterocycles. The Bertz CT molecular complexity index is 410.